The fourth-order valence-corrected chi connectivity index (χ4v) is 4.03. The van der Waals surface area contributed by atoms with Crippen molar-refractivity contribution in [3.05, 3.63) is 77.0 Å². The molecule has 2 heterocycles. The van der Waals surface area contributed by atoms with Crippen LogP contribution in [0.2, 0.25) is 0 Å². The van der Waals surface area contributed by atoms with Crippen molar-refractivity contribution in [2.75, 3.05) is 18.5 Å². The molecule has 34 heavy (non-hydrogen) atoms. The summed E-state index contributed by atoms with van der Waals surface area (Å²) in [6, 6.07) is 17.0. The number of rotatable bonds is 7. The van der Waals surface area contributed by atoms with Crippen molar-refractivity contribution in [3.8, 4) is 11.3 Å². The van der Waals surface area contributed by atoms with Crippen LogP contribution in [-0.2, 0) is 27.3 Å². The van der Waals surface area contributed by atoms with E-state index in [0.29, 0.717) is 43.1 Å². The molecule has 0 bridgehead atoms. The highest BCUT2D eigenvalue weighted by molar-refractivity contribution is 5.94. The van der Waals surface area contributed by atoms with Crippen LogP contribution in [0.25, 0.3) is 11.3 Å². The Hall–Kier alpha value is -3.87. The summed E-state index contributed by atoms with van der Waals surface area (Å²) in [6.45, 7) is 5.10. The van der Waals surface area contributed by atoms with Crippen molar-refractivity contribution in [2.24, 2.45) is 0 Å². The lowest BCUT2D eigenvalue weighted by Crippen LogP contribution is -2.35. The average molecular weight is 461 g/mol. The van der Waals surface area contributed by atoms with Gasteiger partial charge < -0.3 is 19.4 Å². The molecular formula is C27H28N2O5. The third-order valence-electron chi connectivity index (χ3n) is 5.71. The van der Waals surface area contributed by atoms with Gasteiger partial charge in [-0.05, 0) is 44.2 Å². The predicted octanol–water partition coefficient (Wildman–Crippen LogP) is 4.74. The van der Waals surface area contributed by atoms with E-state index < -0.39 is 0 Å². The molecule has 1 aliphatic heterocycles. The molecule has 176 valence electrons. The Kier molecular flexibility index (Phi) is 7.11. The topological polar surface area (TPSA) is 88.8 Å². The molecule has 2 amide bonds. The number of benzene rings is 2. The molecule has 1 N–H and O–H groups in total. The first-order chi connectivity index (χ1) is 16.4. The Labute approximate surface area is 198 Å². The third kappa shape index (κ3) is 5.54. The lowest BCUT2D eigenvalue weighted by atomic mass is 10.1. The monoisotopic (exact) mass is 460 g/mol. The Balaban J connectivity index is 1.42. The Morgan fingerprint density at radius 2 is 1.88 bits per heavy atom. The van der Waals surface area contributed by atoms with Crippen LogP contribution in [0.1, 0.15) is 47.0 Å². The van der Waals surface area contributed by atoms with Crippen molar-refractivity contribution in [1.29, 1.82) is 0 Å². The Morgan fingerprint density at radius 3 is 2.68 bits per heavy atom. The molecule has 2 aromatic carbocycles. The number of aryl methyl sites for hydroxylation is 1. The van der Waals surface area contributed by atoms with Crippen molar-refractivity contribution < 1.29 is 23.5 Å². The van der Waals surface area contributed by atoms with Crippen LogP contribution in [0, 0.1) is 6.92 Å². The van der Waals surface area contributed by atoms with E-state index in [1.54, 1.807) is 13.0 Å². The summed E-state index contributed by atoms with van der Waals surface area (Å²) < 4.78 is 11.0. The lowest BCUT2D eigenvalue weighted by molar-refractivity contribution is -0.144. The Morgan fingerprint density at radius 1 is 1.06 bits per heavy atom. The molecule has 1 aliphatic rings. The van der Waals surface area contributed by atoms with Crippen molar-refractivity contribution in [2.45, 2.75) is 39.7 Å². The number of nitrogens with one attached hydrogen (secondary N) is 1. The SMILES string of the molecule is CCOC(=O)CCC(=O)Nc1cccc(-c2cc3c(o2)CCN(C(=O)c2cccc(C)c2)C3)c1. The molecule has 0 unspecified atom stereocenters. The second-order valence-corrected chi connectivity index (χ2v) is 8.34. The van der Waals surface area contributed by atoms with Gasteiger partial charge in [-0.2, -0.15) is 0 Å². The number of fused-ring (bicyclic) bond motifs is 1. The molecule has 0 saturated carbocycles. The first kappa shape index (κ1) is 23.3. The number of carbonyl (C=O) groups excluding carboxylic acids is 3. The van der Waals surface area contributed by atoms with Gasteiger partial charge in [0.2, 0.25) is 5.91 Å². The van der Waals surface area contributed by atoms with Crippen LogP contribution < -0.4 is 5.32 Å². The zero-order valence-corrected chi connectivity index (χ0v) is 19.4. The summed E-state index contributed by atoms with van der Waals surface area (Å²) in [5.74, 6) is 0.950. The van der Waals surface area contributed by atoms with E-state index >= 15 is 0 Å². The van der Waals surface area contributed by atoms with Crippen molar-refractivity contribution in [1.82, 2.24) is 4.90 Å². The summed E-state index contributed by atoms with van der Waals surface area (Å²) in [5, 5.41) is 2.81. The smallest absolute Gasteiger partial charge is 0.306 e. The minimum Gasteiger partial charge on any atom is -0.466 e. The van der Waals surface area contributed by atoms with Gasteiger partial charge in [-0.15, -0.1) is 0 Å². The maximum atomic E-state index is 12.9. The van der Waals surface area contributed by atoms with E-state index in [-0.39, 0.29) is 30.6 Å². The number of hydrogen-bond donors (Lipinski definition) is 1. The maximum Gasteiger partial charge on any atom is 0.306 e. The summed E-state index contributed by atoms with van der Waals surface area (Å²) in [7, 11) is 0. The highest BCUT2D eigenvalue weighted by atomic mass is 16.5. The van der Waals surface area contributed by atoms with Gasteiger partial charge in [0.05, 0.1) is 13.0 Å². The molecule has 0 aliphatic carbocycles. The van der Waals surface area contributed by atoms with Crippen LogP contribution in [0.5, 0.6) is 0 Å². The van der Waals surface area contributed by atoms with Crippen LogP contribution in [0.15, 0.2) is 59.0 Å². The van der Waals surface area contributed by atoms with E-state index in [0.717, 1.165) is 22.5 Å². The van der Waals surface area contributed by atoms with Gasteiger partial charge in [0.15, 0.2) is 0 Å². The lowest BCUT2D eigenvalue weighted by Gasteiger charge is -2.26. The molecule has 0 spiro atoms. The van der Waals surface area contributed by atoms with Gasteiger partial charge in [-0.1, -0.05) is 29.8 Å². The first-order valence-electron chi connectivity index (χ1n) is 11.5. The largest absolute Gasteiger partial charge is 0.466 e. The normalized spacial score (nSPS) is 12.7. The number of ether oxygens (including phenoxy) is 1. The molecule has 0 saturated heterocycles. The van der Waals surface area contributed by atoms with Crippen LogP contribution in [-0.4, -0.2) is 35.8 Å². The van der Waals surface area contributed by atoms with Gasteiger partial charge in [0.1, 0.15) is 11.5 Å². The fourth-order valence-electron chi connectivity index (χ4n) is 4.03. The number of anilines is 1. The number of hydrogen-bond acceptors (Lipinski definition) is 5. The van der Waals surface area contributed by atoms with E-state index in [2.05, 4.69) is 5.32 Å². The highest BCUT2D eigenvalue weighted by Crippen LogP contribution is 2.31. The average Bonchev–Trinajstić information content (AvgIpc) is 3.26. The van der Waals surface area contributed by atoms with Gasteiger partial charge in [-0.3, -0.25) is 14.4 Å². The minimum atomic E-state index is -0.387. The molecule has 7 nitrogen and oxygen atoms in total. The summed E-state index contributed by atoms with van der Waals surface area (Å²) in [4.78, 5) is 38.4. The van der Waals surface area contributed by atoms with Crippen molar-refractivity contribution in [3.63, 3.8) is 0 Å². The Bertz CT molecular complexity index is 1210. The molecular weight excluding hydrogens is 432 g/mol. The minimum absolute atomic E-state index is 0.0182. The van der Waals surface area contributed by atoms with Gasteiger partial charge in [-0.25, -0.2) is 0 Å². The molecule has 0 radical (unpaired) electrons. The standard InChI is InChI=1S/C27H28N2O5/c1-3-33-26(31)11-10-25(30)28-22-9-5-7-19(15-22)24-16-21-17-29(13-12-23(21)34-24)27(32)20-8-4-6-18(2)14-20/h4-9,14-16H,3,10-13,17H2,1-2H3,(H,28,30). The summed E-state index contributed by atoms with van der Waals surface area (Å²) in [5.41, 5.74) is 4.19. The molecule has 0 atom stereocenters. The number of nitrogens with zero attached hydrogens (tertiary/aromatic N) is 1. The molecule has 1 aromatic heterocycles. The van der Waals surface area contributed by atoms with E-state index in [1.807, 2.05) is 60.4 Å². The molecule has 3 aromatic rings. The number of furan rings is 1. The fraction of sp³-hybridized carbons (Fsp3) is 0.296. The van der Waals surface area contributed by atoms with E-state index in [1.165, 1.54) is 0 Å². The zero-order valence-electron chi connectivity index (χ0n) is 19.4. The zero-order chi connectivity index (χ0) is 24.1. The molecule has 7 heteroatoms. The molecule has 4 rings (SSSR count). The van der Waals surface area contributed by atoms with Crippen molar-refractivity contribution >= 4 is 23.5 Å². The van der Waals surface area contributed by atoms with Gasteiger partial charge in [0, 0.05) is 48.3 Å². The number of carbonyl (C=O) groups is 3. The first-order valence-corrected chi connectivity index (χ1v) is 11.5. The second-order valence-electron chi connectivity index (χ2n) is 8.34. The van der Waals surface area contributed by atoms with Crippen LogP contribution >= 0.6 is 0 Å². The predicted molar refractivity (Wildman–Crippen MR) is 128 cm³/mol. The summed E-state index contributed by atoms with van der Waals surface area (Å²) >= 11 is 0. The second kappa shape index (κ2) is 10.4. The molecule has 0 fully saturated rings. The van der Waals surface area contributed by atoms with E-state index in [4.69, 9.17) is 9.15 Å². The summed E-state index contributed by atoms with van der Waals surface area (Å²) in [6.07, 6.45) is 0.752. The van der Waals surface area contributed by atoms with Crippen LogP contribution in [0.3, 0.4) is 0 Å². The van der Waals surface area contributed by atoms with E-state index in [9.17, 15) is 14.4 Å². The van der Waals surface area contributed by atoms with Crippen LogP contribution in [0.4, 0.5) is 5.69 Å². The maximum absolute atomic E-state index is 12.9. The highest BCUT2D eigenvalue weighted by Gasteiger charge is 2.25. The number of esters is 1. The van der Waals surface area contributed by atoms with Gasteiger partial charge >= 0.3 is 5.97 Å². The quantitative estimate of drug-likeness (QED) is 0.515. The number of amides is 2. The van der Waals surface area contributed by atoms with Gasteiger partial charge in [0.25, 0.3) is 5.91 Å². The third-order valence-corrected chi connectivity index (χ3v) is 5.71.